The summed E-state index contributed by atoms with van der Waals surface area (Å²) in [6.07, 6.45) is 7.26. The van der Waals surface area contributed by atoms with Gasteiger partial charge in [-0.05, 0) is 91.7 Å². The van der Waals surface area contributed by atoms with Gasteiger partial charge in [0.25, 0.3) is 0 Å². The summed E-state index contributed by atoms with van der Waals surface area (Å²) in [6, 6.07) is 16.4. The van der Waals surface area contributed by atoms with E-state index in [1.807, 2.05) is 23.9 Å². The summed E-state index contributed by atoms with van der Waals surface area (Å²) >= 11 is 1.89. The van der Waals surface area contributed by atoms with Gasteiger partial charge in [-0.15, -0.1) is 11.8 Å². The van der Waals surface area contributed by atoms with Crippen LogP contribution in [0, 0.1) is 5.41 Å². The molecule has 2 nitrogen and oxygen atoms in total. The summed E-state index contributed by atoms with van der Waals surface area (Å²) in [6.45, 7) is 2.41. The van der Waals surface area contributed by atoms with Crippen LogP contribution in [0.1, 0.15) is 62.5 Å². The quantitative estimate of drug-likeness (QED) is 0.721. The maximum atomic E-state index is 11.9. The van der Waals surface area contributed by atoms with Crippen molar-refractivity contribution in [3.8, 4) is 5.75 Å². The van der Waals surface area contributed by atoms with E-state index >= 15 is 0 Å². The van der Waals surface area contributed by atoms with Crippen molar-refractivity contribution >= 4 is 11.8 Å². The number of hydrogen-bond acceptors (Lipinski definition) is 3. The van der Waals surface area contributed by atoms with Gasteiger partial charge < -0.3 is 10.2 Å². The minimum absolute atomic E-state index is 0.0236. The number of thioether (sulfide) groups is 1. The number of rotatable bonds is 3. The van der Waals surface area contributed by atoms with E-state index in [2.05, 4.69) is 43.3 Å². The molecule has 2 N–H and O–H groups in total. The Bertz CT molecular complexity index is 860. The fourth-order valence-electron chi connectivity index (χ4n) is 5.61. The van der Waals surface area contributed by atoms with Gasteiger partial charge in [0.05, 0.1) is 5.60 Å². The van der Waals surface area contributed by atoms with Gasteiger partial charge in [0.2, 0.25) is 0 Å². The third-order valence-corrected chi connectivity index (χ3v) is 9.26. The standard InChI is InChI=1S/C24H28O2S/c1-22-10-9-17-15-18(25)7-8-20(17)21(22)16-23(26,12-11-22)24(13-14-24)27-19-5-3-2-4-6-19/h2-8,15,21,25-26H,9-14,16H2,1H3. The largest absolute Gasteiger partial charge is 0.508 e. The lowest BCUT2D eigenvalue weighted by atomic mass is 9.55. The van der Waals surface area contributed by atoms with Gasteiger partial charge in [0, 0.05) is 9.64 Å². The molecule has 2 saturated carbocycles. The molecule has 0 spiro atoms. The third kappa shape index (κ3) is 2.82. The SMILES string of the molecule is CC12CCc3cc(O)ccc3C1CC(O)(C1(Sc3ccccc3)CC1)CC2. The van der Waals surface area contributed by atoms with Crippen molar-refractivity contribution in [2.45, 2.75) is 73.0 Å². The number of fused-ring (bicyclic) bond motifs is 3. The first-order chi connectivity index (χ1) is 12.9. The van der Waals surface area contributed by atoms with Gasteiger partial charge in [0.15, 0.2) is 0 Å². The number of phenolic OH excluding ortho intramolecular Hbond substituents is 1. The Morgan fingerprint density at radius 3 is 2.48 bits per heavy atom. The molecule has 142 valence electrons. The van der Waals surface area contributed by atoms with Crippen LogP contribution in [0.3, 0.4) is 0 Å². The molecule has 3 aliphatic carbocycles. The molecule has 0 bridgehead atoms. The van der Waals surface area contributed by atoms with E-state index < -0.39 is 5.60 Å². The van der Waals surface area contributed by atoms with E-state index in [0.29, 0.717) is 11.7 Å². The minimum atomic E-state index is -0.607. The van der Waals surface area contributed by atoms with Crippen molar-refractivity contribution in [3.05, 3.63) is 59.7 Å². The van der Waals surface area contributed by atoms with Gasteiger partial charge in [-0.3, -0.25) is 0 Å². The first kappa shape index (κ1) is 17.6. The van der Waals surface area contributed by atoms with Gasteiger partial charge in [0.1, 0.15) is 5.75 Å². The molecule has 3 unspecified atom stereocenters. The van der Waals surface area contributed by atoms with E-state index in [4.69, 9.17) is 0 Å². The van der Waals surface area contributed by atoms with E-state index in [-0.39, 0.29) is 10.2 Å². The maximum absolute atomic E-state index is 11.9. The molecule has 0 aliphatic heterocycles. The Morgan fingerprint density at radius 2 is 1.74 bits per heavy atom. The highest BCUT2D eigenvalue weighted by Gasteiger charge is 2.63. The Hall–Kier alpha value is -1.45. The molecular weight excluding hydrogens is 352 g/mol. The lowest BCUT2D eigenvalue weighted by Crippen LogP contribution is -2.51. The molecule has 0 amide bonds. The number of benzene rings is 2. The van der Waals surface area contributed by atoms with Crippen LogP contribution in [0.2, 0.25) is 0 Å². The lowest BCUT2D eigenvalue weighted by molar-refractivity contribution is -0.0543. The summed E-state index contributed by atoms with van der Waals surface area (Å²) in [7, 11) is 0. The zero-order chi connectivity index (χ0) is 18.7. The molecule has 2 aromatic carbocycles. The van der Waals surface area contributed by atoms with Crippen molar-refractivity contribution in [3.63, 3.8) is 0 Å². The number of phenols is 1. The van der Waals surface area contributed by atoms with Crippen molar-refractivity contribution in [2.75, 3.05) is 0 Å². The molecule has 0 heterocycles. The summed E-state index contributed by atoms with van der Waals surface area (Å²) in [5, 5.41) is 21.8. The van der Waals surface area contributed by atoms with Crippen molar-refractivity contribution in [1.82, 2.24) is 0 Å². The van der Waals surface area contributed by atoms with E-state index in [0.717, 1.165) is 44.9 Å². The third-order valence-electron chi connectivity index (χ3n) is 7.57. The van der Waals surface area contributed by atoms with Gasteiger partial charge in [-0.2, -0.15) is 0 Å². The highest BCUT2D eigenvalue weighted by molar-refractivity contribution is 8.01. The molecule has 0 radical (unpaired) electrons. The first-order valence-corrected chi connectivity index (χ1v) is 11.0. The fourth-order valence-corrected chi connectivity index (χ4v) is 7.04. The molecular formula is C24H28O2S. The van der Waals surface area contributed by atoms with Gasteiger partial charge in [-0.25, -0.2) is 0 Å². The first-order valence-electron chi connectivity index (χ1n) is 10.2. The highest BCUT2D eigenvalue weighted by Crippen LogP contribution is 2.66. The Labute approximate surface area is 166 Å². The Kier molecular flexibility index (Phi) is 3.93. The molecule has 3 heteroatoms. The van der Waals surface area contributed by atoms with Crippen LogP contribution >= 0.6 is 11.8 Å². The summed E-state index contributed by atoms with van der Waals surface area (Å²) in [5.74, 6) is 0.746. The molecule has 2 aromatic rings. The molecule has 3 aliphatic rings. The predicted molar refractivity (Wildman–Crippen MR) is 110 cm³/mol. The van der Waals surface area contributed by atoms with Crippen LogP contribution < -0.4 is 0 Å². The smallest absolute Gasteiger partial charge is 0.115 e. The zero-order valence-electron chi connectivity index (χ0n) is 15.9. The summed E-state index contributed by atoms with van der Waals surface area (Å²) < 4.78 is -0.0236. The second kappa shape index (κ2) is 6.02. The average molecular weight is 381 g/mol. The maximum Gasteiger partial charge on any atom is 0.115 e. The second-order valence-electron chi connectivity index (χ2n) is 9.23. The fraction of sp³-hybridized carbons (Fsp3) is 0.500. The Morgan fingerprint density at radius 1 is 0.963 bits per heavy atom. The van der Waals surface area contributed by atoms with Crippen molar-refractivity contribution in [2.24, 2.45) is 5.41 Å². The van der Waals surface area contributed by atoms with Crippen LogP contribution in [0.5, 0.6) is 5.75 Å². The second-order valence-corrected chi connectivity index (χ2v) is 10.7. The normalized spacial score (nSPS) is 33.8. The molecule has 2 fully saturated rings. The lowest BCUT2D eigenvalue weighted by Gasteiger charge is -2.53. The van der Waals surface area contributed by atoms with Crippen LogP contribution in [0.25, 0.3) is 0 Å². The van der Waals surface area contributed by atoms with Crippen molar-refractivity contribution in [1.29, 1.82) is 0 Å². The van der Waals surface area contributed by atoms with Gasteiger partial charge in [-0.1, -0.05) is 31.2 Å². The van der Waals surface area contributed by atoms with Crippen LogP contribution in [-0.2, 0) is 6.42 Å². The van der Waals surface area contributed by atoms with Crippen LogP contribution in [-0.4, -0.2) is 20.6 Å². The van der Waals surface area contributed by atoms with Crippen molar-refractivity contribution < 1.29 is 10.2 Å². The number of hydrogen-bond donors (Lipinski definition) is 2. The molecule has 0 aromatic heterocycles. The molecule has 3 atom stereocenters. The molecule has 27 heavy (non-hydrogen) atoms. The monoisotopic (exact) mass is 380 g/mol. The van der Waals surface area contributed by atoms with E-state index in [9.17, 15) is 10.2 Å². The van der Waals surface area contributed by atoms with Crippen LogP contribution in [0.4, 0.5) is 0 Å². The molecule has 5 rings (SSSR count). The van der Waals surface area contributed by atoms with Gasteiger partial charge >= 0.3 is 0 Å². The van der Waals surface area contributed by atoms with E-state index in [1.165, 1.54) is 16.0 Å². The summed E-state index contributed by atoms with van der Waals surface area (Å²) in [4.78, 5) is 1.27. The number of aliphatic hydroxyl groups is 1. The average Bonchev–Trinajstić information content (AvgIpc) is 3.45. The number of aryl methyl sites for hydroxylation is 1. The summed E-state index contributed by atoms with van der Waals surface area (Å²) in [5.41, 5.74) is 2.30. The predicted octanol–water partition coefficient (Wildman–Crippen LogP) is 5.67. The minimum Gasteiger partial charge on any atom is -0.508 e. The zero-order valence-corrected chi connectivity index (χ0v) is 16.8. The highest BCUT2D eigenvalue weighted by atomic mass is 32.2. The molecule has 0 saturated heterocycles. The van der Waals surface area contributed by atoms with E-state index in [1.54, 1.807) is 0 Å². The number of aromatic hydroxyl groups is 1. The Balaban J connectivity index is 1.47. The topological polar surface area (TPSA) is 40.5 Å². The van der Waals surface area contributed by atoms with Crippen LogP contribution in [0.15, 0.2) is 53.4 Å².